The van der Waals surface area contributed by atoms with Crippen molar-refractivity contribution in [3.8, 4) is 5.75 Å². The van der Waals surface area contributed by atoms with Gasteiger partial charge in [-0.2, -0.15) is 0 Å². The molecule has 17 heavy (non-hydrogen) atoms. The third kappa shape index (κ3) is 4.52. The number of hydrogen-bond acceptors (Lipinski definition) is 2. The van der Waals surface area contributed by atoms with Crippen LogP contribution in [0.1, 0.15) is 31.9 Å². The molecule has 1 unspecified atom stereocenters. The minimum absolute atomic E-state index is 0.285. The van der Waals surface area contributed by atoms with Gasteiger partial charge in [-0.25, -0.2) is 0 Å². The fourth-order valence-corrected chi connectivity index (χ4v) is 1.99. The van der Waals surface area contributed by atoms with Crippen molar-refractivity contribution in [1.29, 1.82) is 0 Å². The maximum Gasteiger partial charge on any atom is 0.124 e. The van der Waals surface area contributed by atoms with E-state index < -0.39 is 0 Å². The standard InChI is InChI=1S/C14H20BrNO/c1-4-8-16-11(3)13-10-12(15)6-7-14(13)17-9-5-2/h5-7,10-11,16H,2,4,8-9H2,1,3H3. The molecule has 0 saturated carbocycles. The molecule has 2 nitrogen and oxygen atoms in total. The summed E-state index contributed by atoms with van der Waals surface area (Å²) in [5.74, 6) is 0.921. The van der Waals surface area contributed by atoms with Crippen molar-refractivity contribution in [2.75, 3.05) is 13.2 Å². The summed E-state index contributed by atoms with van der Waals surface area (Å²) in [6.07, 6.45) is 2.89. The maximum atomic E-state index is 5.66. The summed E-state index contributed by atoms with van der Waals surface area (Å²) < 4.78 is 6.74. The van der Waals surface area contributed by atoms with Gasteiger partial charge in [0.05, 0.1) is 0 Å². The molecule has 0 aliphatic carbocycles. The largest absolute Gasteiger partial charge is 0.489 e. The van der Waals surface area contributed by atoms with Crippen LogP contribution in [0.25, 0.3) is 0 Å². The van der Waals surface area contributed by atoms with Crippen LogP contribution in [0.15, 0.2) is 35.3 Å². The zero-order chi connectivity index (χ0) is 12.7. The number of rotatable bonds is 7. The van der Waals surface area contributed by atoms with E-state index in [2.05, 4.69) is 47.7 Å². The van der Waals surface area contributed by atoms with Gasteiger partial charge < -0.3 is 10.1 Å². The molecule has 0 bridgehead atoms. The molecule has 1 rings (SSSR count). The van der Waals surface area contributed by atoms with E-state index in [0.29, 0.717) is 6.61 Å². The summed E-state index contributed by atoms with van der Waals surface area (Å²) >= 11 is 3.50. The summed E-state index contributed by atoms with van der Waals surface area (Å²) in [6, 6.07) is 6.38. The van der Waals surface area contributed by atoms with Crippen LogP contribution in [0.2, 0.25) is 0 Å². The highest BCUT2D eigenvalue weighted by molar-refractivity contribution is 9.10. The second-order valence-corrected chi connectivity index (χ2v) is 4.87. The minimum Gasteiger partial charge on any atom is -0.489 e. The first-order valence-corrected chi connectivity index (χ1v) is 6.74. The van der Waals surface area contributed by atoms with Crippen LogP contribution >= 0.6 is 15.9 Å². The molecule has 0 radical (unpaired) electrons. The summed E-state index contributed by atoms with van der Waals surface area (Å²) in [4.78, 5) is 0. The first-order valence-electron chi connectivity index (χ1n) is 5.95. The van der Waals surface area contributed by atoms with Crippen molar-refractivity contribution in [1.82, 2.24) is 5.32 Å². The predicted octanol–water partition coefficient (Wildman–Crippen LogP) is 4.07. The quantitative estimate of drug-likeness (QED) is 0.766. The van der Waals surface area contributed by atoms with Gasteiger partial charge in [0.25, 0.3) is 0 Å². The van der Waals surface area contributed by atoms with E-state index in [1.165, 1.54) is 5.56 Å². The summed E-state index contributed by atoms with van der Waals surface area (Å²) in [7, 11) is 0. The van der Waals surface area contributed by atoms with Crippen LogP contribution in [-0.2, 0) is 0 Å². The summed E-state index contributed by atoms with van der Waals surface area (Å²) in [5.41, 5.74) is 1.18. The molecule has 0 aromatic heterocycles. The molecule has 1 atom stereocenters. The van der Waals surface area contributed by atoms with Crippen molar-refractivity contribution in [3.05, 3.63) is 40.9 Å². The Morgan fingerprint density at radius 3 is 2.94 bits per heavy atom. The van der Waals surface area contributed by atoms with Gasteiger partial charge in [-0.1, -0.05) is 35.5 Å². The Balaban J connectivity index is 2.85. The minimum atomic E-state index is 0.285. The SMILES string of the molecule is C=CCOc1ccc(Br)cc1C(C)NCCC. The van der Waals surface area contributed by atoms with Gasteiger partial charge in [-0.15, -0.1) is 0 Å². The van der Waals surface area contributed by atoms with Crippen LogP contribution in [0.3, 0.4) is 0 Å². The van der Waals surface area contributed by atoms with Crippen molar-refractivity contribution in [3.63, 3.8) is 0 Å². The van der Waals surface area contributed by atoms with Crippen LogP contribution in [0.5, 0.6) is 5.75 Å². The van der Waals surface area contributed by atoms with Crippen molar-refractivity contribution in [2.45, 2.75) is 26.3 Å². The summed E-state index contributed by atoms with van der Waals surface area (Å²) in [5, 5.41) is 3.47. The fraction of sp³-hybridized carbons (Fsp3) is 0.429. The molecule has 1 aromatic carbocycles. The van der Waals surface area contributed by atoms with Gasteiger partial charge in [0.2, 0.25) is 0 Å². The van der Waals surface area contributed by atoms with E-state index in [4.69, 9.17) is 4.74 Å². The van der Waals surface area contributed by atoms with Crippen LogP contribution in [-0.4, -0.2) is 13.2 Å². The van der Waals surface area contributed by atoms with Gasteiger partial charge in [0, 0.05) is 16.1 Å². The molecular weight excluding hydrogens is 278 g/mol. The molecule has 0 saturated heterocycles. The molecule has 3 heteroatoms. The van der Waals surface area contributed by atoms with Gasteiger partial charge in [0.1, 0.15) is 12.4 Å². The lowest BCUT2D eigenvalue weighted by molar-refractivity contribution is 0.354. The average Bonchev–Trinajstić information content (AvgIpc) is 2.34. The number of benzene rings is 1. The molecule has 0 heterocycles. The Bertz CT molecular complexity index is 365. The van der Waals surface area contributed by atoms with E-state index in [9.17, 15) is 0 Å². The molecular formula is C14H20BrNO. The van der Waals surface area contributed by atoms with Gasteiger partial charge >= 0.3 is 0 Å². The van der Waals surface area contributed by atoms with E-state index in [1.54, 1.807) is 6.08 Å². The van der Waals surface area contributed by atoms with Crippen molar-refractivity contribution in [2.24, 2.45) is 0 Å². The molecule has 1 aromatic rings. The molecule has 0 aliphatic rings. The fourth-order valence-electron chi connectivity index (χ4n) is 1.61. The molecule has 0 spiro atoms. The van der Waals surface area contributed by atoms with Gasteiger partial charge in [-0.3, -0.25) is 0 Å². The second-order valence-electron chi connectivity index (χ2n) is 3.96. The zero-order valence-corrected chi connectivity index (χ0v) is 12.1. The number of halogens is 1. The lowest BCUT2D eigenvalue weighted by Crippen LogP contribution is -2.20. The molecule has 0 fully saturated rings. The molecule has 0 aliphatic heterocycles. The highest BCUT2D eigenvalue weighted by Gasteiger charge is 2.11. The Morgan fingerprint density at radius 1 is 1.53 bits per heavy atom. The van der Waals surface area contributed by atoms with E-state index >= 15 is 0 Å². The van der Waals surface area contributed by atoms with Crippen LogP contribution < -0.4 is 10.1 Å². The van der Waals surface area contributed by atoms with Gasteiger partial charge in [0.15, 0.2) is 0 Å². The Morgan fingerprint density at radius 2 is 2.29 bits per heavy atom. The van der Waals surface area contributed by atoms with Crippen LogP contribution in [0.4, 0.5) is 0 Å². The molecule has 94 valence electrons. The normalized spacial score (nSPS) is 12.2. The highest BCUT2D eigenvalue weighted by atomic mass is 79.9. The smallest absolute Gasteiger partial charge is 0.124 e. The summed E-state index contributed by atoms with van der Waals surface area (Å²) in [6.45, 7) is 9.53. The van der Waals surface area contributed by atoms with E-state index in [-0.39, 0.29) is 6.04 Å². The third-order valence-electron chi connectivity index (χ3n) is 2.50. The maximum absolute atomic E-state index is 5.66. The van der Waals surface area contributed by atoms with Crippen LogP contribution in [0, 0.1) is 0 Å². The molecule has 0 amide bonds. The average molecular weight is 298 g/mol. The predicted molar refractivity (Wildman–Crippen MR) is 76.5 cm³/mol. The Hall–Kier alpha value is -0.800. The lowest BCUT2D eigenvalue weighted by Gasteiger charge is -2.18. The third-order valence-corrected chi connectivity index (χ3v) is 2.99. The van der Waals surface area contributed by atoms with Crippen molar-refractivity contribution >= 4 is 15.9 Å². The monoisotopic (exact) mass is 297 g/mol. The zero-order valence-electron chi connectivity index (χ0n) is 10.5. The number of hydrogen-bond donors (Lipinski definition) is 1. The van der Waals surface area contributed by atoms with Crippen molar-refractivity contribution < 1.29 is 4.74 Å². The lowest BCUT2D eigenvalue weighted by atomic mass is 10.1. The highest BCUT2D eigenvalue weighted by Crippen LogP contribution is 2.28. The van der Waals surface area contributed by atoms with Gasteiger partial charge in [-0.05, 0) is 38.1 Å². The Kier molecular flexibility index (Phi) is 6.30. The molecule has 1 N–H and O–H groups in total. The number of ether oxygens (including phenoxy) is 1. The second kappa shape index (κ2) is 7.51. The topological polar surface area (TPSA) is 21.3 Å². The Labute approximate surface area is 112 Å². The number of nitrogens with one attached hydrogen (secondary N) is 1. The van der Waals surface area contributed by atoms with E-state index in [1.807, 2.05) is 12.1 Å². The first kappa shape index (κ1) is 14.3. The first-order chi connectivity index (χ1) is 8.19. The van der Waals surface area contributed by atoms with E-state index in [0.717, 1.165) is 23.2 Å².